The summed E-state index contributed by atoms with van der Waals surface area (Å²) in [6.07, 6.45) is 76.8. The lowest BCUT2D eigenvalue weighted by molar-refractivity contribution is -0.167. The molecule has 0 amide bonds. The van der Waals surface area contributed by atoms with Crippen molar-refractivity contribution in [3.8, 4) is 0 Å². The van der Waals surface area contributed by atoms with Crippen LogP contribution in [0.4, 0.5) is 0 Å². The highest BCUT2D eigenvalue weighted by Crippen LogP contribution is 2.17. The smallest absolute Gasteiger partial charge is 0.306 e. The molecule has 0 aliphatic rings. The van der Waals surface area contributed by atoms with E-state index in [0.29, 0.717) is 19.3 Å². The second kappa shape index (κ2) is 61.9. The molecule has 426 valence electrons. The van der Waals surface area contributed by atoms with Gasteiger partial charge >= 0.3 is 17.9 Å². The van der Waals surface area contributed by atoms with Crippen molar-refractivity contribution in [2.45, 2.75) is 348 Å². The standard InChI is InChI=1S/C67H122O6/c1-4-7-10-13-16-19-22-25-28-31-32-33-34-35-36-37-40-42-45-48-51-54-57-60-66(69)72-63-64(73-67(70)61-58-55-52-49-46-43-39-30-27-24-21-18-15-12-9-6-3)62-71-65(68)59-56-53-50-47-44-41-38-29-26-23-20-17-14-11-8-5-2/h21-22,24-25,30-32,39,64H,4-20,23,26-29,33-38,40-63H2,1-3H3/b24-21-,25-22-,32-31-,39-30-. The van der Waals surface area contributed by atoms with Crippen LogP contribution in [0.15, 0.2) is 48.6 Å². The predicted octanol–water partition coefficient (Wildman–Crippen LogP) is 21.8. The van der Waals surface area contributed by atoms with Crippen LogP contribution in [-0.4, -0.2) is 37.2 Å². The lowest BCUT2D eigenvalue weighted by Crippen LogP contribution is -2.30. The third-order valence-electron chi connectivity index (χ3n) is 14.3. The van der Waals surface area contributed by atoms with Crippen LogP contribution in [0.25, 0.3) is 0 Å². The second-order valence-electron chi connectivity index (χ2n) is 21.7. The van der Waals surface area contributed by atoms with Gasteiger partial charge in [0.05, 0.1) is 0 Å². The SMILES string of the molecule is CCCCCC/C=C\C/C=C\CCCCCCCC(=O)OC(COC(=O)CCCCCCCCCCCCC/C=C\C/C=C\CCCCCCC)COC(=O)CCCCCCCCCCCCCCCCCC. The molecule has 0 aliphatic carbocycles. The van der Waals surface area contributed by atoms with E-state index in [9.17, 15) is 14.4 Å². The zero-order chi connectivity index (χ0) is 52.9. The third kappa shape index (κ3) is 60.1. The van der Waals surface area contributed by atoms with Crippen LogP contribution in [0.3, 0.4) is 0 Å². The zero-order valence-electron chi connectivity index (χ0n) is 48.9. The molecule has 1 unspecified atom stereocenters. The van der Waals surface area contributed by atoms with Crippen molar-refractivity contribution in [1.82, 2.24) is 0 Å². The normalized spacial score (nSPS) is 12.3. The zero-order valence-corrected chi connectivity index (χ0v) is 48.9. The first-order valence-corrected chi connectivity index (χ1v) is 32.1. The van der Waals surface area contributed by atoms with Crippen LogP contribution in [0.2, 0.25) is 0 Å². The summed E-state index contributed by atoms with van der Waals surface area (Å²) in [6, 6.07) is 0. The van der Waals surface area contributed by atoms with Crippen LogP contribution in [0.5, 0.6) is 0 Å². The van der Waals surface area contributed by atoms with E-state index in [1.54, 1.807) is 0 Å². The lowest BCUT2D eigenvalue weighted by Gasteiger charge is -2.18. The summed E-state index contributed by atoms with van der Waals surface area (Å²) in [5, 5.41) is 0. The van der Waals surface area contributed by atoms with Gasteiger partial charge in [-0.15, -0.1) is 0 Å². The highest BCUT2D eigenvalue weighted by molar-refractivity contribution is 5.71. The largest absolute Gasteiger partial charge is 0.462 e. The summed E-state index contributed by atoms with van der Waals surface area (Å²) in [7, 11) is 0. The summed E-state index contributed by atoms with van der Waals surface area (Å²) in [4.78, 5) is 38.3. The molecule has 0 spiro atoms. The Morgan fingerprint density at radius 3 is 0.767 bits per heavy atom. The van der Waals surface area contributed by atoms with Crippen LogP contribution < -0.4 is 0 Å². The number of allylic oxidation sites excluding steroid dienone is 8. The number of ether oxygens (including phenoxy) is 3. The summed E-state index contributed by atoms with van der Waals surface area (Å²) in [5.74, 6) is -0.871. The quantitative estimate of drug-likeness (QED) is 0.0261. The van der Waals surface area contributed by atoms with E-state index in [4.69, 9.17) is 14.2 Å². The third-order valence-corrected chi connectivity index (χ3v) is 14.3. The molecule has 0 aromatic carbocycles. The van der Waals surface area contributed by atoms with Crippen molar-refractivity contribution in [2.75, 3.05) is 13.2 Å². The molecule has 0 rings (SSSR count). The highest BCUT2D eigenvalue weighted by atomic mass is 16.6. The van der Waals surface area contributed by atoms with Crippen molar-refractivity contribution in [1.29, 1.82) is 0 Å². The minimum Gasteiger partial charge on any atom is -0.462 e. The maximum Gasteiger partial charge on any atom is 0.306 e. The molecule has 0 aliphatic heterocycles. The molecule has 0 saturated heterocycles. The van der Waals surface area contributed by atoms with E-state index in [-0.39, 0.29) is 31.1 Å². The first-order chi connectivity index (χ1) is 36.0. The number of hydrogen-bond acceptors (Lipinski definition) is 6. The number of carbonyl (C=O) groups excluding carboxylic acids is 3. The average molecular weight is 1020 g/mol. The molecule has 0 radical (unpaired) electrons. The molecule has 0 aromatic heterocycles. The monoisotopic (exact) mass is 1020 g/mol. The van der Waals surface area contributed by atoms with E-state index in [1.165, 1.54) is 212 Å². The Labute approximate surface area is 454 Å². The molecule has 6 nitrogen and oxygen atoms in total. The summed E-state index contributed by atoms with van der Waals surface area (Å²) >= 11 is 0. The molecule has 73 heavy (non-hydrogen) atoms. The molecule has 0 N–H and O–H groups in total. The van der Waals surface area contributed by atoms with Gasteiger partial charge < -0.3 is 14.2 Å². The van der Waals surface area contributed by atoms with Crippen molar-refractivity contribution < 1.29 is 28.6 Å². The van der Waals surface area contributed by atoms with Gasteiger partial charge in [0.2, 0.25) is 0 Å². The van der Waals surface area contributed by atoms with Crippen LogP contribution in [0, 0.1) is 0 Å². The maximum absolute atomic E-state index is 12.9. The predicted molar refractivity (Wildman–Crippen MR) is 316 cm³/mol. The fourth-order valence-electron chi connectivity index (χ4n) is 9.45. The highest BCUT2D eigenvalue weighted by Gasteiger charge is 2.19. The summed E-state index contributed by atoms with van der Waals surface area (Å²) < 4.78 is 16.9. The van der Waals surface area contributed by atoms with Gasteiger partial charge in [-0.3, -0.25) is 14.4 Å². The van der Waals surface area contributed by atoms with Crippen LogP contribution in [-0.2, 0) is 28.6 Å². The van der Waals surface area contributed by atoms with E-state index < -0.39 is 6.10 Å². The van der Waals surface area contributed by atoms with E-state index >= 15 is 0 Å². The van der Waals surface area contributed by atoms with Crippen molar-refractivity contribution in [3.05, 3.63) is 48.6 Å². The van der Waals surface area contributed by atoms with Gasteiger partial charge in [-0.05, 0) is 83.5 Å². The van der Waals surface area contributed by atoms with Gasteiger partial charge in [-0.1, -0.05) is 288 Å². The fourth-order valence-corrected chi connectivity index (χ4v) is 9.45. The molecule has 0 bridgehead atoms. The van der Waals surface area contributed by atoms with E-state index in [1.807, 2.05) is 0 Å². The molecule has 0 fully saturated rings. The minimum atomic E-state index is -0.780. The fraction of sp³-hybridized carbons (Fsp3) is 0.836. The van der Waals surface area contributed by atoms with Gasteiger partial charge in [0.25, 0.3) is 0 Å². The minimum absolute atomic E-state index is 0.0756. The summed E-state index contributed by atoms with van der Waals surface area (Å²) in [6.45, 7) is 6.65. The molecule has 0 heterocycles. The van der Waals surface area contributed by atoms with Crippen molar-refractivity contribution in [2.24, 2.45) is 0 Å². The molecule has 1 atom stereocenters. The Morgan fingerprint density at radius 1 is 0.274 bits per heavy atom. The molecule has 6 heteroatoms. The Kier molecular flexibility index (Phi) is 59.7. The molecular formula is C67H122O6. The number of unbranched alkanes of at least 4 members (excludes halogenated alkanes) is 40. The maximum atomic E-state index is 12.9. The van der Waals surface area contributed by atoms with Crippen molar-refractivity contribution >= 4 is 17.9 Å². The van der Waals surface area contributed by atoms with Gasteiger partial charge in [0, 0.05) is 19.3 Å². The van der Waals surface area contributed by atoms with Crippen LogP contribution in [0.1, 0.15) is 342 Å². The number of esters is 3. The Morgan fingerprint density at radius 2 is 0.493 bits per heavy atom. The number of carbonyl (C=O) groups is 3. The Bertz CT molecular complexity index is 1270. The Balaban J connectivity index is 4.32. The van der Waals surface area contributed by atoms with E-state index in [2.05, 4.69) is 69.4 Å². The molecule has 0 saturated carbocycles. The molecular weight excluding hydrogens is 901 g/mol. The lowest BCUT2D eigenvalue weighted by atomic mass is 10.0. The van der Waals surface area contributed by atoms with Gasteiger partial charge in [-0.25, -0.2) is 0 Å². The van der Waals surface area contributed by atoms with E-state index in [0.717, 1.165) is 89.9 Å². The Hall–Kier alpha value is -2.63. The van der Waals surface area contributed by atoms with Gasteiger partial charge in [0.1, 0.15) is 13.2 Å². The number of rotatable bonds is 59. The van der Waals surface area contributed by atoms with Crippen LogP contribution >= 0.6 is 0 Å². The average Bonchev–Trinajstić information content (AvgIpc) is 3.39. The first-order valence-electron chi connectivity index (χ1n) is 32.1. The number of hydrogen-bond donors (Lipinski definition) is 0. The topological polar surface area (TPSA) is 78.9 Å². The molecule has 0 aromatic rings. The van der Waals surface area contributed by atoms with Crippen molar-refractivity contribution in [3.63, 3.8) is 0 Å². The van der Waals surface area contributed by atoms with Gasteiger partial charge in [0.15, 0.2) is 6.10 Å². The summed E-state index contributed by atoms with van der Waals surface area (Å²) in [5.41, 5.74) is 0. The first kappa shape index (κ1) is 70.4. The van der Waals surface area contributed by atoms with Gasteiger partial charge in [-0.2, -0.15) is 0 Å². The second-order valence-corrected chi connectivity index (χ2v) is 21.7.